The van der Waals surface area contributed by atoms with Crippen LogP contribution in [0.5, 0.6) is 0 Å². The first-order valence-corrected chi connectivity index (χ1v) is 12.0. The number of likely N-dealkylation sites (tertiary alicyclic amines) is 1. The Bertz CT molecular complexity index is 1200. The summed E-state index contributed by atoms with van der Waals surface area (Å²) in [6.45, 7) is 3.33. The predicted octanol–water partition coefficient (Wildman–Crippen LogP) is 4.32. The van der Waals surface area contributed by atoms with Crippen LogP contribution in [0, 0.1) is 0 Å². The van der Waals surface area contributed by atoms with Crippen molar-refractivity contribution in [2.24, 2.45) is 0 Å². The molecule has 8 nitrogen and oxygen atoms in total. The van der Waals surface area contributed by atoms with Gasteiger partial charge >= 0.3 is 5.97 Å². The van der Waals surface area contributed by atoms with E-state index in [1.807, 2.05) is 4.90 Å². The molecule has 1 saturated heterocycles. The minimum absolute atomic E-state index is 0.0677. The normalized spacial score (nSPS) is 16.4. The Kier molecular flexibility index (Phi) is 7.51. The molecule has 2 heterocycles. The number of carbonyl (C=O) groups excluding carboxylic acids is 4. The van der Waals surface area contributed by atoms with Crippen LogP contribution in [0.25, 0.3) is 0 Å². The number of halogens is 1. The van der Waals surface area contributed by atoms with Crippen molar-refractivity contribution in [3.63, 3.8) is 0 Å². The largest absolute Gasteiger partial charge is 0.462 e. The Morgan fingerprint density at radius 2 is 1.63 bits per heavy atom. The minimum Gasteiger partial charge on any atom is -0.462 e. The fraction of sp³-hybridized carbons (Fsp3) is 0.308. The van der Waals surface area contributed by atoms with Gasteiger partial charge in [0.15, 0.2) is 0 Å². The number of hydrogen-bond acceptors (Lipinski definition) is 6. The van der Waals surface area contributed by atoms with Crippen LogP contribution < -0.4 is 10.2 Å². The molecule has 9 heteroatoms. The van der Waals surface area contributed by atoms with E-state index in [-0.39, 0.29) is 34.5 Å². The van der Waals surface area contributed by atoms with E-state index in [0.717, 1.165) is 43.7 Å². The smallest absolute Gasteiger partial charge is 0.338 e. The fourth-order valence-corrected chi connectivity index (χ4v) is 4.38. The van der Waals surface area contributed by atoms with Crippen LogP contribution in [0.15, 0.2) is 59.3 Å². The first kappa shape index (κ1) is 24.5. The third-order valence-electron chi connectivity index (χ3n) is 5.91. The van der Waals surface area contributed by atoms with Crippen LogP contribution in [0.4, 0.5) is 11.4 Å². The topological polar surface area (TPSA) is 96.0 Å². The molecule has 0 atom stereocenters. The molecule has 2 aromatic rings. The van der Waals surface area contributed by atoms with Gasteiger partial charge in [-0.1, -0.05) is 36.6 Å². The van der Waals surface area contributed by atoms with Crippen molar-refractivity contribution in [3.8, 4) is 0 Å². The van der Waals surface area contributed by atoms with Crippen LogP contribution in [-0.4, -0.2) is 48.3 Å². The molecule has 0 aliphatic carbocycles. The van der Waals surface area contributed by atoms with E-state index in [2.05, 4.69) is 5.32 Å². The number of nitrogens with one attached hydrogen (secondary N) is 1. The number of anilines is 2. The second-order valence-corrected chi connectivity index (χ2v) is 8.70. The lowest BCUT2D eigenvalue weighted by Crippen LogP contribution is -2.32. The highest BCUT2D eigenvalue weighted by Crippen LogP contribution is 2.31. The number of imide groups is 1. The Labute approximate surface area is 208 Å². The van der Waals surface area contributed by atoms with E-state index in [1.165, 1.54) is 18.2 Å². The number of amides is 3. The summed E-state index contributed by atoms with van der Waals surface area (Å²) >= 11 is 6.25. The lowest BCUT2D eigenvalue weighted by molar-refractivity contribution is -0.120. The summed E-state index contributed by atoms with van der Waals surface area (Å²) in [6, 6.07) is 12.8. The van der Waals surface area contributed by atoms with E-state index in [1.54, 1.807) is 37.3 Å². The third kappa shape index (κ3) is 5.22. The quantitative estimate of drug-likeness (QED) is 0.473. The van der Waals surface area contributed by atoms with Gasteiger partial charge < -0.3 is 15.0 Å². The van der Waals surface area contributed by atoms with Gasteiger partial charge in [-0.05, 0) is 56.2 Å². The minimum atomic E-state index is -0.711. The fourth-order valence-electron chi connectivity index (χ4n) is 4.16. The molecule has 1 fully saturated rings. The van der Waals surface area contributed by atoms with E-state index in [0.29, 0.717) is 11.3 Å². The monoisotopic (exact) mass is 495 g/mol. The number of hydrogen-bond donors (Lipinski definition) is 1. The zero-order chi connectivity index (χ0) is 24.9. The molecular weight excluding hydrogens is 470 g/mol. The first-order valence-electron chi connectivity index (χ1n) is 11.6. The number of carbonyl (C=O) groups is 4. The van der Waals surface area contributed by atoms with Crippen LogP contribution >= 0.6 is 11.6 Å². The van der Waals surface area contributed by atoms with Gasteiger partial charge in [0.05, 0.1) is 17.9 Å². The maximum atomic E-state index is 13.2. The van der Waals surface area contributed by atoms with E-state index < -0.39 is 17.8 Å². The van der Waals surface area contributed by atoms with Crippen molar-refractivity contribution < 1.29 is 23.9 Å². The molecule has 0 aromatic heterocycles. The predicted molar refractivity (Wildman–Crippen MR) is 132 cm³/mol. The summed E-state index contributed by atoms with van der Waals surface area (Å²) in [5.74, 6) is -2.00. The van der Waals surface area contributed by atoms with Crippen molar-refractivity contribution in [1.29, 1.82) is 0 Å². The Hall–Kier alpha value is -3.65. The van der Waals surface area contributed by atoms with Crippen molar-refractivity contribution in [2.75, 3.05) is 29.9 Å². The summed E-state index contributed by atoms with van der Waals surface area (Å²) in [7, 11) is 0. The average Bonchev–Trinajstić information content (AvgIpc) is 3.06. The number of ether oxygens (including phenoxy) is 1. The molecule has 1 N–H and O–H groups in total. The summed E-state index contributed by atoms with van der Waals surface area (Å²) in [5.41, 5.74) is 1.26. The van der Waals surface area contributed by atoms with Gasteiger partial charge in [-0.3, -0.25) is 14.4 Å². The summed E-state index contributed by atoms with van der Waals surface area (Å²) in [6.07, 6.45) is 4.20. The second-order valence-electron chi connectivity index (χ2n) is 8.32. The highest BCUT2D eigenvalue weighted by molar-refractivity contribution is 6.53. The summed E-state index contributed by atoms with van der Waals surface area (Å²) in [5, 5.41) is 2.64. The van der Waals surface area contributed by atoms with Crippen molar-refractivity contribution in [3.05, 3.63) is 70.4 Å². The Morgan fingerprint density at radius 1 is 0.943 bits per heavy atom. The van der Waals surface area contributed by atoms with Crippen molar-refractivity contribution >= 4 is 46.7 Å². The molecular formula is C26H26ClN3O5. The van der Waals surface area contributed by atoms with Crippen molar-refractivity contribution in [1.82, 2.24) is 4.90 Å². The summed E-state index contributed by atoms with van der Waals surface area (Å²) < 4.78 is 4.99. The van der Waals surface area contributed by atoms with E-state index >= 15 is 0 Å². The van der Waals surface area contributed by atoms with E-state index in [9.17, 15) is 19.2 Å². The van der Waals surface area contributed by atoms with Gasteiger partial charge in [0.1, 0.15) is 10.7 Å². The van der Waals surface area contributed by atoms with Crippen LogP contribution in [-0.2, 0) is 14.3 Å². The number of nitrogens with zero attached hydrogens (tertiary/aromatic N) is 2. The lowest BCUT2D eigenvalue weighted by Gasteiger charge is -2.20. The van der Waals surface area contributed by atoms with Crippen LogP contribution in [0.3, 0.4) is 0 Å². The zero-order valence-electron chi connectivity index (χ0n) is 19.4. The molecule has 2 aromatic carbocycles. The molecule has 0 unspecified atom stereocenters. The number of benzene rings is 2. The molecule has 182 valence electrons. The zero-order valence-corrected chi connectivity index (χ0v) is 20.1. The molecule has 0 radical (unpaired) electrons. The molecule has 0 bridgehead atoms. The van der Waals surface area contributed by atoms with Gasteiger partial charge in [0.25, 0.3) is 17.7 Å². The molecule has 2 aliphatic heterocycles. The van der Waals surface area contributed by atoms with Gasteiger partial charge in [-0.25, -0.2) is 9.69 Å². The molecule has 2 aliphatic rings. The van der Waals surface area contributed by atoms with Crippen molar-refractivity contribution in [2.45, 2.75) is 32.6 Å². The molecule has 3 amide bonds. The highest BCUT2D eigenvalue weighted by Gasteiger charge is 2.39. The van der Waals surface area contributed by atoms with Gasteiger partial charge in [-0.15, -0.1) is 0 Å². The SMILES string of the molecule is CCOC(=O)c1cccc(N2C(=O)C(Cl)=C(Nc3cccc(C(=O)N4CCCCCC4)c3)C2=O)c1. The van der Waals surface area contributed by atoms with Crippen LogP contribution in [0.1, 0.15) is 53.3 Å². The maximum absolute atomic E-state index is 13.2. The van der Waals surface area contributed by atoms with Crippen LogP contribution in [0.2, 0.25) is 0 Å². The summed E-state index contributed by atoms with van der Waals surface area (Å²) in [4.78, 5) is 53.8. The standard InChI is InChI=1S/C26H26ClN3O5/c1-2-35-26(34)18-10-8-12-20(16-18)30-24(32)21(27)22(25(30)33)28-19-11-7-9-17(15-19)23(31)29-13-5-3-4-6-14-29/h7-12,15-16,28H,2-6,13-14H2,1H3. The molecule has 35 heavy (non-hydrogen) atoms. The van der Waals surface area contributed by atoms with Gasteiger partial charge in [-0.2, -0.15) is 0 Å². The first-order chi connectivity index (χ1) is 16.9. The average molecular weight is 496 g/mol. The van der Waals surface area contributed by atoms with Gasteiger partial charge in [0.2, 0.25) is 0 Å². The van der Waals surface area contributed by atoms with E-state index in [4.69, 9.17) is 16.3 Å². The maximum Gasteiger partial charge on any atom is 0.338 e. The molecule has 0 spiro atoms. The number of esters is 1. The third-order valence-corrected chi connectivity index (χ3v) is 6.27. The Morgan fingerprint density at radius 3 is 2.34 bits per heavy atom. The Balaban J connectivity index is 1.54. The second kappa shape index (κ2) is 10.7. The molecule has 0 saturated carbocycles. The molecule has 4 rings (SSSR count). The highest BCUT2D eigenvalue weighted by atomic mass is 35.5. The lowest BCUT2D eigenvalue weighted by atomic mass is 10.1. The van der Waals surface area contributed by atoms with Gasteiger partial charge in [0, 0.05) is 24.3 Å². The number of rotatable bonds is 6.